The Morgan fingerprint density at radius 1 is 1.17 bits per heavy atom. The minimum atomic E-state index is -1.21. The zero-order valence-electron chi connectivity index (χ0n) is 16.2. The molecule has 0 saturated carbocycles. The molecule has 10 heteroatoms. The molecular formula is C20H19F2N5O2S. The third-order valence-corrected chi connectivity index (χ3v) is 4.77. The molecule has 0 aliphatic rings. The van der Waals surface area contributed by atoms with E-state index >= 15 is 0 Å². The van der Waals surface area contributed by atoms with E-state index in [1.54, 1.807) is 0 Å². The third kappa shape index (κ3) is 4.60. The molecule has 0 aliphatic carbocycles. The molecule has 156 valence electrons. The third-order valence-electron chi connectivity index (χ3n) is 4.46. The molecule has 1 atom stereocenters. The van der Waals surface area contributed by atoms with Gasteiger partial charge in [0.25, 0.3) is 0 Å². The number of likely N-dealkylation sites (N-methyl/N-ethyl adjacent to an activating group) is 1. The van der Waals surface area contributed by atoms with E-state index in [9.17, 15) is 18.4 Å². The van der Waals surface area contributed by atoms with Crippen molar-refractivity contribution in [3.8, 4) is 11.4 Å². The Balaban J connectivity index is 1.85. The van der Waals surface area contributed by atoms with Crippen LogP contribution >= 0.6 is 12.2 Å². The topological polar surface area (TPSA) is 91.8 Å². The zero-order chi connectivity index (χ0) is 21.8. The number of nitrogens with zero attached hydrogens (tertiary/aromatic N) is 2. The van der Waals surface area contributed by atoms with Gasteiger partial charge in [-0.3, -0.25) is 19.3 Å². The smallest absolute Gasteiger partial charge is 0.246 e. The summed E-state index contributed by atoms with van der Waals surface area (Å²) >= 11 is 5.22. The molecule has 0 spiro atoms. The second-order valence-corrected chi connectivity index (χ2v) is 6.98. The second-order valence-electron chi connectivity index (χ2n) is 6.59. The van der Waals surface area contributed by atoms with E-state index in [-0.39, 0.29) is 16.9 Å². The maximum atomic E-state index is 13.6. The van der Waals surface area contributed by atoms with Crippen LogP contribution in [0.25, 0.3) is 11.4 Å². The molecule has 30 heavy (non-hydrogen) atoms. The van der Waals surface area contributed by atoms with Gasteiger partial charge in [-0.1, -0.05) is 35.9 Å². The number of aryl methyl sites for hydroxylation is 1. The van der Waals surface area contributed by atoms with Crippen LogP contribution in [0.1, 0.15) is 17.2 Å². The first-order valence-corrected chi connectivity index (χ1v) is 9.39. The molecule has 2 aromatic carbocycles. The van der Waals surface area contributed by atoms with Crippen LogP contribution in [0.2, 0.25) is 0 Å². The lowest BCUT2D eigenvalue weighted by Gasteiger charge is -2.18. The molecule has 0 fully saturated rings. The van der Waals surface area contributed by atoms with E-state index in [1.807, 2.05) is 31.2 Å². The molecule has 0 saturated heterocycles. The number of carbonyl (C=O) groups is 2. The fourth-order valence-electron chi connectivity index (χ4n) is 2.87. The predicted octanol–water partition coefficient (Wildman–Crippen LogP) is 2.80. The Morgan fingerprint density at radius 2 is 1.87 bits per heavy atom. The van der Waals surface area contributed by atoms with E-state index in [4.69, 9.17) is 12.2 Å². The van der Waals surface area contributed by atoms with Crippen LogP contribution in [0, 0.1) is 23.3 Å². The summed E-state index contributed by atoms with van der Waals surface area (Å²) in [5.74, 6) is -2.84. The summed E-state index contributed by atoms with van der Waals surface area (Å²) in [6.45, 7) is 1.72. The molecule has 3 N–H and O–H groups in total. The van der Waals surface area contributed by atoms with Gasteiger partial charge in [-0.05, 0) is 36.8 Å². The molecule has 1 aromatic heterocycles. The van der Waals surface area contributed by atoms with Crippen LogP contribution in [0.15, 0.2) is 42.5 Å². The van der Waals surface area contributed by atoms with E-state index in [0.717, 1.165) is 23.3 Å². The molecule has 0 aliphatic heterocycles. The summed E-state index contributed by atoms with van der Waals surface area (Å²) in [5.41, 5.74) is 1.93. The highest BCUT2D eigenvalue weighted by Crippen LogP contribution is 2.19. The first kappa shape index (κ1) is 21.3. The van der Waals surface area contributed by atoms with Gasteiger partial charge in [0.15, 0.2) is 22.2 Å². The van der Waals surface area contributed by atoms with E-state index in [0.29, 0.717) is 5.82 Å². The van der Waals surface area contributed by atoms with Crippen LogP contribution < -0.4 is 10.6 Å². The summed E-state index contributed by atoms with van der Waals surface area (Å²) in [6, 6.07) is 9.31. The number of amides is 2. The van der Waals surface area contributed by atoms with Gasteiger partial charge in [0.05, 0.1) is 0 Å². The van der Waals surface area contributed by atoms with Gasteiger partial charge >= 0.3 is 0 Å². The van der Waals surface area contributed by atoms with Gasteiger partial charge in [-0.25, -0.2) is 8.78 Å². The number of H-pyrrole nitrogens is 1. The molecule has 0 radical (unpaired) electrons. The second kappa shape index (κ2) is 8.95. The number of hydrogen-bond donors (Lipinski definition) is 3. The van der Waals surface area contributed by atoms with Gasteiger partial charge in [0, 0.05) is 12.6 Å². The number of benzene rings is 2. The quantitative estimate of drug-likeness (QED) is 0.524. The van der Waals surface area contributed by atoms with Gasteiger partial charge in [0.1, 0.15) is 12.6 Å². The average molecular weight is 431 g/mol. The normalized spacial score (nSPS) is 11.7. The lowest BCUT2D eigenvalue weighted by Crippen LogP contribution is -2.40. The van der Waals surface area contributed by atoms with Crippen LogP contribution in [0.3, 0.4) is 0 Å². The van der Waals surface area contributed by atoms with Gasteiger partial charge in [-0.2, -0.15) is 5.10 Å². The molecule has 0 bridgehead atoms. The van der Waals surface area contributed by atoms with E-state index in [2.05, 4.69) is 20.8 Å². The fourth-order valence-corrected chi connectivity index (χ4v) is 3.07. The number of aromatic amines is 1. The Morgan fingerprint density at radius 3 is 2.50 bits per heavy atom. The Labute approximate surface area is 176 Å². The number of carbonyl (C=O) groups excluding carboxylic acids is 2. The average Bonchev–Trinajstić information content (AvgIpc) is 3.08. The number of aromatic nitrogens is 3. The van der Waals surface area contributed by atoms with Crippen molar-refractivity contribution < 1.29 is 18.4 Å². The number of rotatable bonds is 6. The maximum absolute atomic E-state index is 13.6. The summed E-state index contributed by atoms with van der Waals surface area (Å²) in [7, 11) is 1.38. The number of nitrogens with one attached hydrogen (secondary N) is 3. The lowest BCUT2D eigenvalue weighted by molar-refractivity contribution is -0.129. The van der Waals surface area contributed by atoms with Crippen LogP contribution in [0.5, 0.6) is 0 Å². The molecular weight excluding hydrogens is 412 g/mol. The summed E-state index contributed by atoms with van der Waals surface area (Å²) in [6.07, 6.45) is 0. The SMILES string of the molecule is CNC(=O)C(NC(=O)Cn1c(-c2ccc(C)cc2)n[nH]c1=S)c1ccc(F)c(F)c1. The summed E-state index contributed by atoms with van der Waals surface area (Å²) in [5, 5.41) is 11.8. The molecule has 2 amide bonds. The highest BCUT2D eigenvalue weighted by Gasteiger charge is 2.24. The first-order valence-electron chi connectivity index (χ1n) is 8.98. The van der Waals surface area contributed by atoms with E-state index in [1.165, 1.54) is 17.7 Å². The van der Waals surface area contributed by atoms with Crippen molar-refractivity contribution in [2.75, 3.05) is 7.05 Å². The molecule has 7 nitrogen and oxygen atoms in total. The predicted molar refractivity (Wildman–Crippen MR) is 109 cm³/mol. The van der Waals surface area contributed by atoms with Crippen LogP contribution in [0.4, 0.5) is 8.78 Å². The van der Waals surface area contributed by atoms with Crippen molar-refractivity contribution in [2.24, 2.45) is 0 Å². The number of halogens is 2. The van der Waals surface area contributed by atoms with Crippen molar-refractivity contribution in [3.05, 3.63) is 70.0 Å². The first-order chi connectivity index (χ1) is 14.3. The largest absolute Gasteiger partial charge is 0.357 e. The van der Waals surface area contributed by atoms with Crippen molar-refractivity contribution in [1.29, 1.82) is 0 Å². The van der Waals surface area contributed by atoms with Crippen LogP contribution in [-0.2, 0) is 16.1 Å². The van der Waals surface area contributed by atoms with Crippen molar-refractivity contribution in [3.63, 3.8) is 0 Å². The zero-order valence-corrected chi connectivity index (χ0v) is 17.0. The Bertz CT molecular complexity index is 1140. The molecule has 3 aromatic rings. The Hall–Kier alpha value is -3.40. The van der Waals surface area contributed by atoms with Crippen molar-refractivity contribution >= 4 is 24.0 Å². The lowest BCUT2D eigenvalue weighted by atomic mass is 10.1. The highest BCUT2D eigenvalue weighted by atomic mass is 32.1. The minimum absolute atomic E-state index is 0.108. The molecule has 1 unspecified atom stereocenters. The standard InChI is InChI=1S/C20H19F2N5O2S/c1-11-3-5-12(6-4-11)18-25-26-20(30)27(18)10-16(28)24-17(19(29)23-2)13-7-8-14(21)15(22)9-13/h3-9,17H,10H2,1-2H3,(H,23,29)(H,24,28)(H,26,30). The minimum Gasteiger partial charge on any atom is -0.357 e. The monoisotopic (exact) mass is 431 g/mol. The van der Waals surface area contributed by atoms with Crippen LogP contribution in [-0.4, -0.2) is 33.6 Å². The summed E-state index contributed by atoms with van der Waals surface area (Å²) < 4.78 is 28.6. The van der Waals surface area contributed by atoms with Crippen molar-refractivity contribution in [2.45, 2.75) is 19.5 Å². The maximum Gasteiger partial charge on any atom is 0.246 e. The molecule has 1 heterocycles. The van der Waals surface area contributed by atoms with Gasteiger partial charge in [-0.15, -0.1) is 0 Å². The highest BCUT2D eigenvalue weighted by molar-refractivity contribution is 7.71. The van der Waals surface area contributed by atoms with Gasteiger partial charge in [0.2, 0.25) is 11.8 Å². The van der Waals surface area contributed by atoms with Gasteiger partial charge < -0.3 is 10.6 Å². The Kier molecular flexibility index (Phi) is 6.36. The summed E-state index contributed by atoms with van der Waals surface area (Å²) in [4.78, 5) is 24.9. The fraction of sp³-hybridized carbons (Fsp3) is 0.200. The molecule has 3 rings (SSSR count). The number of hydrogen-bond acceptors (Lipinski definition) is 4. The van der Waals surface area contributed by atoms with Crippen molar-refractivity contribution in [1.82, 2.24) is 25.4 Å². The van der Waals surface area contributed by atoms with E-state index < -0.39 is 29.5 Å².